The van der Waals surface area contributed by atoms with Gasteiger partial charge >= 0.3 is 6.03 Å². The molecule has 1 unspecified atom stereocenters. The van der Waals surface area contributed by atoms with E-state index >= 15 is 0 Å². The topological polar surface area (TPSA) is 92.7 Å². The predicted octanol–water partition coefficient (Wildman–Crippen LogP) is 3.84. The molecule has 3 amide bonds. The van der Waals surface area contributed by atoms with Crippen LogP contribution in [0.2, 0.25) is 0 Å². The number of nitrogens with one attached hydrogen (secondary N) is 1. The summed E-state index contributed by atoms with van der Waals surface area (Å²) in [5.41, 5.74) is 2.03. The second-order valence-corrected chi connectivity index (χ2v) is 9.58. The minimum atomic E-state index is -0.443. The van der Waals surface area contributed by atoms with Crippen LogP contribution in [-0.4, -0.2) is 74.1 Å². The number of hydrazone groups is 1. The number of methoxy groups -OCH3 is 3. The molecule has 0 spiro atoms. The molecule has 36 heavy (non-hydrogen) atoms. The number of nitrogens with zero attached hydrogens (tertiary/aromatic N) is 3. The highest BCUT2D eigenvalue weighted by atomic mass is 16.5. The third-order valence-corrected chi connectivity index (χ3v) is 5.73. The summed E-state index contributed by atoms with van der Waals surface area (Å²) in [4.78, 5) is 28.0. The van der Waals surface area contributed by atoms with Crippen molar-refractivity contribution in [1.29, 1.82) is 0 Å². The SMILES string of the molecule is COCCN(CC(=O)N1N=C(c2ccc(OC)cc2OC)CC1c1ccccc1)C(=O)NC(C)(C)C. The van der Waals surface area contributed by atoms with E-state index in [1.807, 2.05) is 63.2 Å². The number of amides is 3. The lowest BCUT2D eigenvalue weighted by Gasteiger charge is -2.30. The minimum Gasteiger partial charge on any atom is -0.497 e. The Balaban J connectivity index is 1.93. The van der Waals surface area contributed by atoms with Gasteiger partial charge in [-0.25, -0.2) is 9.80 Å². The Kier molecular flexibility index (Phi) is 8.93. The Hall–Kier alpha value is -3.59. The molecule has 0 aromatic heterocycles. The van der Waals surface area contributed by atoms with Crippen molar-refractivity contribution in [2.45, 2.75) is 38.8 Å². The summed E-state index contributed by atoms with van der Waals surface area (Å²) in [5, 5.41) is 9.15. The molecule has 1 aliphatic rings. The molecule has 2 aromatic rings. The molecule has 0 aliphatic carbocycles. The third-order valence-electron chi connectivity index (χ3n) is 5.73. The Morgan fingerprint density at radius 2 is 1.81 bits per heavy atom. The maximum absolute atomic E-state index is 13.6. The van der Waals surface area contributed by atoms with Crippen LogP contribution >= 0.6 is 0 Å². The third kappa shape index (κ3) is 6.75. The van der Waals surface area contributed by atoms with Gasteiger partial charge in [0.25, 0.3) is 5.91 Å². The van der Waals surface area contributed by atoms with Crippen LogP contribution in [0.3, 0.4) is 0 Å². The standard InChI is InChI=1S/C27H36N4O5/c1-27(2,3)28-26(33)30(14-15-34-4)18-25(32)31-23(19-10-8-7-9-11-19)17-22(29-31)21-13-12-20(35-5)16-24(21)36-6/h7-13,16,23H,14-15,17-18H2,1-6H3,(H,28,33). The van der Waals surface area contributed by atoms with Crippen LogP contribution in [0.4, 0.5) is 4.79 Å². The van der Waals surface area contributed by atoms with E-state index in [0.717, 1.165) is 16.8 Å². The lowest BCUT2D eigenvalue weighted by molar-refractivity contribution is -0.133. The van der Waals surface area contributed by atoms with Gasteiger partial charge in [0, 0.05) is 37.2 Å². The molecule has 0 radical (unpaired) electrons. The maximum Gasteiger partial charge on any atom is 0.318 e. The first-order chi connectivity index (χ1) is 17.2. The van der Waals surface area contributed by atoms with Gasteiger partial charge in [-0.1, -0.05) is 30.3 Å². The number of carbonyl (C=O) groups is 2. The van der Waals surface area contributed by atoms with E-state index in [1.165, 1.54) is 9.91 Å². The van der Waals surface area contributed by atoms with Crippen molar-refractivity contribution in [3.8, 4) is 11.5 Å². The van der Waals surface area contributed by atoms with Gasteiger partial charge in [0.2, 0.25) is 0 Å². The van der Waals surface area contributed by atoms with Crippen molar-refractivity contribution in [3.05, 3.63) is 59.7 Å². The number of hydrogen-bond donors (Lipinski definition) is 1. The fourth-order valence-corrected chi connectivity index (χ4v) is 3.96. The molecule has 0 bridgehead atoms. The fraction of sp³-hybridized carbons (Fsp3) is 0.444. The normalized spacial score (nSPS) is 15.3. The van der Waals surface area contributed by atoms with Gasteiger partial charge < -0.3 is 24.4 Å². The lowest BCUT2D eigenvalue weighted by Crippen LogP contribution is -2.52. The molecular weight excluding hydrogens is 460 g/mol. The Labute approximate surface area is 213 Å². The molecule has 2 aromatic carbocycles. The van der Waals surface area contributed by atoms with Gasteiger partial charge in [0.1, 0.15) is 18.0 Å². The molecule has 0 saturated heterocycles. The van der Waals surface area contributed by atoms with E-state index in [0.29, 0.717) is 24.5 Å². The van der Waals surface area contributed by atoms with Crippen molar-refractivity contribution >= 4 is 17.6 Å². The predicted molar refractivity (Wildman–Crippen MR) is 138 cm³/mol. The van der Waals surface area contributed by atoms with E-state index in [1.54, 1.807) is 27.4 Å². The number of hydrogen-bond acceptors (Lipinski definition) is 6. The second kappa shape index (κ2) is 11.9. The number of carbonyl (C=O) groups excluding carboxylic acids is 2. The van der Waals surface area contributed by atoms with Crippen molar-refractivity contribution in [2.24, 2.45) is 5.10 Å². The average Bonchev–Trinajstić information content (AvgIpc) is 3.31. The summed E-state index contributed by atoms with van der Waals surface area (Å²) < 4.78 is 16.1. The number of benzene rings is 2. The highest BCUT2D eigenvalue weighted by Gasteiger charge is 2.35. The van der Waals surface area contributed by atoms with Gasteiger partial charge in [-0.3, -0.25) is 4.79 Å². The monoisotopic (exact) mass is 496 g/mol. The summed E-state index contributed by atoms with van der Waals surface area (Å²) in [6.45, 7) is 6.14. The van der Waals surface area contributed by atoms with Crippen LogP contribution in [0.25, 0.3) is 0 Å². The number of urea groups is 1. The second-order valence-electron chi connectivity index (χ2n) is 9.58. The first kappa shape index (κ1) is 27.0. The van der Waals surface area contributed by atoms with Gasteiger partial charge in [-0.05, 0) is 38.5 Å². The van der Waals surface area contributed by atoms with Crippen molar-refractivity contribution < 1.29 is 23.8 Å². The summed E-state index contributed by atoms with van der Waals surface area (Å²) in [6, 6.07) is 14.6. The van der Waals surface area contributed by atoms with Gasteiger partial charge in [0.05, 0.1) is 32.6 Å². The lowest BCUT2D eigenvalue weighted by atomic mass is 9.98. The molecule has 1 N–H and O–H groups in total. The maximum atomic E-state index is 13.6. The fourth-order valence-electron chi connectivity index (χ4n) is 3.96. The molecule has 3 rings (SSSR count). The number of rotatable bonds is 9. The molecule has 9 nitrogen and oxygen atoms in total. The van der Waals surface area contributed by atoms with Crippen LogP contribution in [-0.2, 0) is 9.53 Å². The zero-order valence-electron chi connectivity index (χ0n) is 21.9. The Morgan fingerprint density at radius 3 is 2.42 bits per heavy atom. The number of ether oxygens (including phenoxy) is 3. The van der Waals surface area contributed by atoms with Crippen LogP contribution < -0.4 is 14.8 Å². The van der Waals surface area contributed by atoms with Gasteiger partial charge in [-0.2, -0.15) is 5.10 Å². The van der Waals surface area contributed by atoms with Crippen molar-refractivity contribution in [3.63, 3.8) is 0 Å². The molecule has 0 fully saturated rings. The summed E-state index contributed by atoms with van der Waals surface area (Å²) in [7, 11) is 4.75. The smallest absolute Gasteiger partial charge is 0.318 e. The highest BCUT2D eigenvalue weighted by molar-refractivity contribution is 6.05. The van der Waals surface area contributed by atoms with E-state index in [-0.39, 0.29) is 31.1 Å². The Morgan fingerprint density at radius 1 is 1.08 bits per heavy atom. The summed E-state index contributed by atoms with van der Waals surface area (Å²) in [5.74, 6) is 0.993. The largest absolute Gasteiger partial charge is 0.497 e. The van der Waals surface area contributed by atoms with Crippen LogP contribution in [0.1, 0.15) is 44.4 Å². The zero-order valence-corrected chi connectivity index (χ0v) is 21.9. The summed E-state index contributed by atoms with van der Waals surface area (Å²) >= 11 is 0. The van der Waals surface area contributed by atoms with Gasteiger partial charge in [0.15, 0.2) is 0 Å². The Bertz CT molecular complexity index is 1080. The quantitative estimate of drug-likeness (QED) is 0.570. The molecule has 9 heteroatoms. The summed E-state index contributed by atoms with van der Waals surface area (Å²) in [6.07, 6.45) is 0.505. The van der Waals surface area contributed by atoms with E-state index in [9.17, 15) is 9.59 Å². The zero-order chi connectivity index (χ0) is 26.3. The first-order valence-electron chi connectivity index (χ1n) is 11.9. The first-order valence-corrected chi connectivity index (χ1v) is 11.9. The highest BCUT2D eigenvalue weighted by Crippen LogP contribution is 2.36. The van der Waals surface area contributed by atoms with Crippen molar-refractivity contribution in [2.75, 3.05) is 41.0 Å². The van der Waals surface area contributed by atoms with Crippen LogP contribution in [0.5, 0.6) is 11.5 Å². The van der Waals surface area contributed by atoms with E-state index < -0.39 is 5.54 Å². The van der Waals surface area contributed by atoms with Gasteiger partial charge in [-0.15, -0.1) is 0 Å². The minimum absolute atomic E-state index is 0.134. The molecule has 1 aliphatic heterocycles. The van der Waals surface area contributed by atoms with Crippen LogP contribution in [0, 0.1) is 0 Å². The molecular formula is C27H36N4O5. The van der Waals surface area contributed by atoms with E-state index in [4.69, 9.17) is 19.3 Å². The molecule has 0 saturated carbocycles. The molecule has 194 valence electrons. The van der Waals surface area contributed by atoms with Crippen molar-refractivity contribution in [1.82, 2.24) is 15.2 Å². The molecule has 1 heterocycles. The average molecular weight is 497 g/mol. The van der Waals surface area contributed by atoms with E-state index in [2.05, 4.69) is 5.32 Å². The van der Waals surface area contributed by atoms with Crippen LogP contribution in [0.15, 0.2) is 53.6 Å². The molecule has 1 atom stereocenters.